The van der Waals surface area contributed by atoms with Gasteiger partial charge in [-0.2, -0.15) is 5.26 Å². The van der Waals surface area contributed by atoms with E-state index in [-0.39, 0.29) is 17.2 Å². The lowest BCUT2D eigenvalue weighted by Crippen LogP contribution is -2.27. The maximum Gasteiger partial charge on any atom is 0.278 e. The molecule has 2 aromatic carbocycles. The molecule has 1 N–H and O–H groups in total. The summed E-state index contributed by atoms with van der Waals surface area (Å²) in [5.41, 5.74) is 5.54. The summed E-state index contributed by atoms with van der Waals surface area (Å²) in [6, 6.07) is 22.2. The van der Waals surface area contributed by atoms with E-state index in [4.69, 9.17) is 4.98 Å². The van der Waals surface area contributed by atoms with Crippen LogP contribution >= 0.6 is 0 Å². The van der Waals surface area contributed by atoms with Crippen LogP contribution < -0.4 is 15.8 Å². The zero-order valence-electron chi connectivity index (χ0n) is 18.0. The summed E-state index contributed by atoms with van der Waals surface area (Å²) in [6.07, 6.45) is 1.76. The molecule has 4 aromatic rings. The molecular formula is C26H23N5O. The van der Waals surface area contributed by atoms with Crippen molar-refractivity contribution in [1.82, 2.24) is 9.38 Å². The van der Waals surface area contributed by atoms with Crippen molar-refractivity contribution in [3.63, 3.8) is 0 Å². The first-order valence-electron chi connectivity index (χ1n) is 10.7. The summed E-state index contributed by atoms with van der Waals surface area (Å²) in [4.78, 5) is 20.3. The molecule has 0 saturated carbocycles. The maximum atomic E-state index is 13.3. The Hall–Kier alpha value is -4.11. The van der Waals surface area contributed by atoms with Crippen LogP contribution in [0.15, 0.2) is 71.7 Å². The molecule has 32 heavy (non-hydrogen) atoms. The highest BCUT2D eigenvalue weighted by Gasteiger charge is 2.26. The summed E-state index contributed by atoms with van der Waals surface area (Å²) in [6.45, 7) is 5.26. The molecule has 0 fully saturated rings. The summed E-state index contributed by atoms with van der Waals surface area (Å²) < 4.78 is 1.51. The second kappa shape index (κ2) is 7.86. The standard InChI is InChI=1S/C26H23N5O/c1-17-12-22(18(2)28-21-10-4-3-5-11-21)25-29-24(23(13-27)26(32)31(25)14-17)30-15-19-8-6-7-9-20(19)16-30/h3-12,14,18,28H,15-16H2,1-2H3. The first-order chi connectivity index (χ1) is 15.5. The van der Waals surface area contributed by atoms with E-state index in [2.05, 4.69) is 36.5 Å². The van der Waals surface area contributed by atoms with Crippen molar-refractivity contribution in [3.05, 3.63) is 105 Å². The molecule has 0 amide bonds. The van der Waals surface area contributed by atoms with Crippen molar-refractivity contribution >= 4 is 17.2 Å². The number of nitriles is 1. The van der Waals surface area contributed by atoms with Gasteiger partial charge in [0.2, 0.25) is 0 Å². The van der Waals surface area contributed by atoms with Crippen molar-refractivity contribution in [2.75, 3.05) is 10.2 Å². The molecule has 0 aliphatic carbocycles. The monoisotopic (exact) mass is 421 g/mol. The highest BCUT2D eigenvalue weighted by atomic mass is 16.1. The smallest absolute Gasteiger partial charge is 0.278 e. The van der Waals surface area contributed by atoms with Gasteiger partial charge >= 0.3 is 0 Å². The van der Waals surface area contributed by atoms with Crippen LogP contribution in [0.4, 0.5) is 11.5 Å². The molecule has 1 unspecified atom stereocenters. The second-order valence-corrected chi connectivity index (χ2v) is 8.25. The Morgan fingerprint density at radius 2 is 1.72 bits per heavy atom. The van der Waals surface area contributed by atoms with Gasteiger partial charge in [-0.25, -0.2) is 4.98 Å². The number of nitrogens with zero attached hydrogens (tertiary/aromatic N) is 4. The van der Waals surface area contributed by atoms with Gasteiger partial charge in [0.25, 0.3) is 5.56 Å². The van der Waals surface area contributed by atoms with Gasteiger partial charge in [-0.3, -0.25) is 9.20 Å². The first kappa shape index (κ1) is 19.8. The molecule has 6 nitrogen and oxygen atoms in total. The Bertz CT molecular complexity index is 1390. The number of hydrogen-bond donors (Lipinski definition) is 1. The molecule has 1 aliphatic rings. The van der Waals surface area contributed by atoms with Gasteiger partial charge < -0.3 is 10.2 Å². The molecule has 5 rings (SSSR count). The molecule has 1 aliphatic heterocycles. The largest absolute Gasteiger partial charge is 0.378 e. The summed E-state index contributed by atoms with van der Waals surface area (Å²) in [5, 5.41) is 13.3. The van der Waals surface area contributed by atoms with Crippen LogP contribution in [0.25, 0.3) is 5.65 Å². The molecule has 3 heterocycles. The van der Waals surface area contributed by atoms with Crippen LogP contribution in [0.5, 0.6) is 0 Å². The number of aromatic nitrogens is 2. The van der Waals surface area contributed by atoms with E-state index < -0.39 is 0 Å². The second-order valence-electron chi connectivity index (χ2n) is 8.25. The molecule has 0 radical (unpaired) electrons. The molecule has 6 heteroatoms. The normalized spacial score (nSPS) is 13.6. The van der Waals surface area contributed by atoms with Gasteiger partial charge in [0.05, 0.1) is 6.04 Å². The SMILES string of the molecule is Cc1cc(C(C)Nc2ccccc2)c2nc(N3Cc4ccccc4C3)c(C#N)c(=O)n2c1. The van der Waals surface area contributed by atoms with E-state index in [1.807, 2.05) is 54.3 Å². The Kier molecular flexibility index (Phi) is 4.87. The van der Waals surface area contributed by atoms with Crippen LogP contribution in [0.3, 0.4) is 0 Å². The third-order valence-electron chi connectivity index (χ3n) is 5.95. The van der Waals surface area contributed by atoms with Gasteiger partial charge in [0.15, 0.2) is 11.4 Å². The van der Waals surface area contributed by atoms with Crippen LogP contribution in [0.1, 0.15) is 40.8 Å². The molecular weight excluding hydrogens is 398 g/mol. The topological polar surface area (TPSA) is 73.4 Å². The lowest BCUT2D eigenvalue weighted by Gasteiger charge is -2.22. The van der Waals surface area contributed by atoms with Crippen molar-refractivity contribution in [3.8, 4) is 6.07 Å². The number of fused-ring (bicyclic) bond motifs is 2. The number of pyridine rings is 1. The minimum Gasteiger partial charge on any atom is -0.378 e. The van der Waals surface area contributed by atoms with Gasteiger partial charge in [0.1, 0.15) is 11.7 Å². The quantitative estimate of drug-likeness (QED) is 0.523. The molecule has 1 atom stereocenters. The zero-order valence-corrected chi connectivity index (χ0v) is 18.0. The fraction of sp³-hybridized carbons (Fsp3) is 0.192. The minimum absolute atomic E-state index is 0.0792. The third kappa shape index (κ3) is 3.38. The van der Waals surface area contributed by atoms with Crippen molar-refractivity contribution < 1.29 is 0 Å². The molecule has 0 spiro atoms. The number of benzene rings is 2. The predicted octanol–water partition coefficient (Wildman–Crippen LogP) is 4.57. The van der Waals surface area contributed by atoms with Gasteiger partial charge in [-0.15, -0.1) is 0 Å². The van der Waals surface area contributed by atoms with E-state index in [1.165, 1.54) is 15.5 Å². The summed E-state index contributed by atoms with van der Waals surface area (Å²) in [5.74, 6) is 0.450. The van der Waals surface area contributed by atoms with Gasteiger partial charge in [-0.1, -0.05) is 42.5 Å². The highest BCUT2D eigenvalue weighted by molar-refractivity contribution is 5.64. The van der Waals surface area contributed by atoms with Crippen LogP contribution in [0, 0.1) is 18.3 Å². The Labute approximate surface area is 186 Å². The van der Waals surface area contributed by atoms with E-state index in [9.17, 15) is 10.1 Å². The highest BCUT2D eigenvalue weighted by Crippen LogP contribution is 2.30. The fourth-order valence-electron chi connectivity index (χ4n) is 4.39. The fourth-order valence-corrected chi connectivity index (χ4v) is 4.39. The molecule has 0 bridgehead atoms. The van der Waals surface area contributed by atoms with Crippen molar-refractivity contribution in [2.45, 2.75) is 33.0 Å². The van der Waals surface area contributed by atoms with Crippen molar-refractivity contribution in [1.29, 1.82) is 5.26 Å². The Balaban J connectivity index is 1.65. The third-order valence-corrected chi connectivity index (χ3v) is 5.95. The average Bonchev–Trinajstić information content (AvgIpc) is 3.23. The lowest BCUT2D eigenvalue weighted by molar-refractivity contribution is 0.829. The number of aryl methyl sites for hydroxylation is 1. The first-order valence-corrected chi connectivity index (χ1v) is 10.7. The maximum absolute atomic E-state index is 13.3. The zero-order chi connectivity index (χ0) is 22.2. The number of para-hydroxylation sites is 1. The number of nitrogens with one attached hydrogen (secondary N) is 1. The average molecular weight is 422 g/mol. The minimum atomic E-state index is -0.333. The molecule has 0 saturated heterocycles. The Morgan fingerprint density at radius 3 is 2.38 bits per heavy atom. The van der Waals surface area contributed by atoms with Crippen LogP contribution in [-0.2, 0) is 13.1 Å². The van der Waals surface area contributed by atoms with E-state index in [0.29, 0.717) is 24.6 Å². The van der Waals surface area contributed by atoms with Crippen LogP contribution in [0.2, 0.25) is 0 Å². The summed E-state index contributed by atoms with van der Waals surface area (Å²) >= 11 is 0. The molecule has 158 valence electrons. The van der Waals surface area contributed by atoms with E-state index in [0.717, 1.165) is 16.8 Å². The number of hydrogen-bond acceptors (Lipinski definition) is 5. The van der Waals surface area contributed by atoms with E-state index in [1.54, 1.807) is 6.20 Å². The Morgan fingerprint density at radius 1 is 1.06 bits per heavy atom. The predicted molar refractivity (Wildman–Crippen MR) is 126 cm³/mol. The number of anilines is 2. The van der Waals surface area contributed by atoms with Crippen LogP contribution in [-0.4, -0.2) is 9.38 Å². The van der Waals surface area contributed by atoms with Gasteiger partial charge in [0, 0.05) is 30.5 Å². The van der Waals surface area contributed by atoms with E-state index >= 15 is 0 Å². The summed E-state index contributed by atoms with van der Waals surface area (Å²) in [7, 11) is 0. The van der Waals surface area contributed by atoms with Gasteiger partial charge in [-0.05, 0) is 48.7 Å². The molecule has 2 aromatic heterocycles. The number of rotatable bonds is 4. The lowest BCUT2D eigenvalue weighted by atomic mass is 10.1. The van der Waals surface area contributed by atoms with Crippen molar-refractivity contribution in [2.24, 2.45) is 0 Å².